The lowest BCUT2D eigenvalue weighted by Crippen LogP contribution is -2.44. The highest BCUT2D eigenvalue weighted by molar-refractivity contribution is 7.92. The van der Waals surface area contributed by atoms with Crippen LogP contribution in [0.5, 0.6) is 0 Å². The summed E-state index contributed by atoms with van der Waals surface area (Å²) in [6.07, 6.45) is 0.835. The van der Waals surface area contributed by atoms with Gasteiger partial charge in [0.05, 0.1) is 17.5 Å². The lowest BCUT2D eigenvalue weighted by atomic mass is 9.90. The molecule has 3 fully saturated rings. The van der Waals surface area contributed by atoms with Gasteiger partial charge >= 0.3 is 0 Å². The molecular formula is C13H21NO3S. The molecule has 0 radical (unpaired) electrons. The second-order valence-corrected chi connectivity index (χ2v) is 9.13. The van der Waals surface area contributed by atoms with E-state index in [1.807, 2.05) is 7.05 Å². The standard InChI is InChI=1S/C13H21NO3S/c1-9(15)10-5-12(6-14(10)4)11(2,3)13(12)7-18(16,17)8-13/h10H,5-8H2,1-4H3/t10-,12?/m0/s1. The highest BCUT2D eigenvalue weighted by Gasteiger charge is 2.87. The van der Waals surface area contributed by atoms with Crippen molar-refractivity contribution in [2.45, 2.75) is 33.2 Å². The summed E-state index contributed by atoms with van der Waals surface area (Å²) >= 11 is 0. The second kappa shape index (κ2) is 3.01. The molecule has 0 amide bonds. The number of Topliss-reactive ketones (excluding diaryl/α,β-unsaturated/α-hetero) is 1. The summed E-state index contributed by atoms with van der Waals surface area (Å²) in [5.41, 5.74) is 0.0253. The third-order valence-corrected chi connectivity index (χ3v) is 8.11. The van der Waals surface area contributed by atoms with Gasteiger partial charge in [0.25, 0.3) is 0 Å². The zero-order valence-corrected chi connectivity index (χ0v) is 12.3. The Bertz CT molecular complexity index is 524. The van der Waals surface area contributed by atoms with Crippen molar-refractivity contribution >= 4 is 15.6 Å². The van der Waals surface area contributed by atoms with Crippen LogP contribution in [0.15, 0.2) is 0 Å². The number of sulfone groups is 1. The molecule has 0 aromatic rings. The summed E-state index contributed by atoms with van der Waals surface area (Å²) in [7, 11) is -0.838. The molecule has 0 bridgehead atoms. The molecule has 0 aromatic carbocycles. The van der Waals surface area contributed by atoms with Crippen LogP contribution in [0.3, 0.4) is 0 Å². The van der Waals surface area contributed by atoms with Crippen molar-refractivity contribution in [1.29, 1.82) is 0 Å². The second-order valence-electron chi connectivity index (χ2n) is 7.07. The summed E-state index contributed by atoms with van der Waals surface area (Å²) in [5.74, 6) is 0.853. The SMILES string of the molecule is CC(=O)[C@@H]1CC2(CN1C)C(C)(C)C21CS(=O)(=O)C1. The van der Waals surface area contributed by atoms with Crippen LogP contribution < -0.4 is 0 Å². The molecule has 2 spiro atoms. The summed E-state index contributed by atoms with van der Waals surface area (Å²) in [6, 6.07) is -0.0213. The van der Waals surface area contributed by atoms with Gasteiger partial charge in [-0.2, -0.15) is 0 Å². The number of carbonyl (C=O) groups is 1. The topological polar surface area (TPSA) is 54.5 Å². The molecule has 4 nitrogen and oxygen atoms in total. The smallest absolute Gasteiger partial charge is 0.151 e. The quantitative estimate of drug-likeness (QED) is 0.705. The molecule has 1 aliphatic carbocycles. The van der Waals surface area contributed by atoms with Gasteiger partial charge in [-0.25, -0.2) is 8.42 Å². The third-order valence-electron chi connectivity index (χ3n) is 6.24. The summed E-state index contributed by atoms with van der Waals surface area (Å²) in [6.45, 7) is 6.86. The van der Waals surface area contributed by atoms with Crippen LogP contribution in [0.1, 0.15) is 27.2 Å². The maximum Gasteiger partial charge on any atom is 0.151 e. The molecule has 1 saturated carbocycles. The molecule has 18 heavy (non-hydrogen) atoms. The first-order valence-corrected chi connectivity index (χ1v) is 8.32. The minimum absolute atomic E-state index is 0.0213. The molecule has 2 atom stereocenters. The van der Waals surface area contributed by atoms with E-state index in [2.05, 4.69) is 18.7 Å². The fraction of sp³-hybridized carbons (Fsp3) is 0.923. The van der Waals surface area contributed by atoms with E-state index in [4.69, 9.17) is 0 Å². The Morgan fingerprint density at radius 1 is 1.22 bits per heavy atom. The maximum atomic E-state index is 11.7. The lowest BCUT2D eigenvalue weighted by Gasteiger charge is -2.31. The number of likely N-dealkylation sites (tertiary alicyclic amines) is 1. The molecule has 2 aliphatic heterocycles. The van der Waals surface area contributed by atoms with Crippen molar-refractivity contribution in [2.24, 2.45) is 16.2 Å². The molecule has 2 saturated heterocycles. The molecule has 5 heteroatoms. The lowest BCUT2D eigenvalue weighted by molar-refractivity contribution is -0.120. The van der Waals surface area contributed by atoms with Gasteiger partial charge in [0.2, 0.25) is 0 Å². The first kappa shape index (κ1) is 12.6. The first-order valence-electron chi connectivity index (χ1n) is 6.50. The van der Waals surface area contributed by atoms with Gasteiger partial charge in [0.15, 0.2) is 9.84 Å². The molecule has 3 aliphatic rings. The fourth-order valence-electron chi connectivity index (χ4n) is 4.94. The Morgan fingerprint density at radius 3 is 2.17 bits per heavy atom. The van der Waals surface area contributed by atoms with Crippen molar-refractivity contribution in [2.75, 3.05) is 25.1 Å². The van der Waals surface area contributed by atoms with Crippen LogP contribution in [0.2, 0.25) is 0 Å². The van der Waals surface area contributed by atoms with Gasteiger partial charge in [-0.05, 0) is 31.2 Å². The molecule has 0 aromatic heterocycles. The molecular weight excluding hydrogens is 250 g/mol. The zero-order valence-electron chi connectivity index (χ0n) is 11.5. The highest BCUT2D eigenvalue weighted by Crippen LogP contribution is 2.84. The van der Waals surface area contributed by atoms with Gasteiger partial charge in [-0.3, -0.25) is 9.69 Å². The van der Waals surface area contributed by atoms with Crippen molar-refractivity contribution < 1.29 is 13.2 Å². The average Bonchev–Trinajstić information content (AvgIpc) is 2.52. The van der Waals surface area contributed by atoms with Gasteiger partial charge in [0, 0.05) is 12.0 Å². The van der Waals surface area contributed by atoms with E-state index in [0.29, 0.717) is 11.5 Å². The van der Waals surface area contributed by atoms with E-state index in [1.165, 1.54) is 0 Å². The Balaban J connectivity index is 1.93. The van der Waals surface area contributed by atoms with Crippen LogP contribution in [-0.4, -0.2) is 50.2 Å². The minimum Gasteiger partial charge on any atom is -0.298 e. The minimum atomic E-state index is -2.82. The largest absolute Gasteiger partial charge is 0.298 e. The van der Waals surface area contributed by atoms with Gasteiger partial charge in [-0.15, -0.1) is 0 Å². The average molecular weight is 271 g/mol. The van der Waals surface area contributed by atoms with E-state index < -0.39 is 9.84 Å². The van der Waals surface area contributed by atoms with Crippen LogP contribution in [-0.2, 0) is 14.6 Å². The van der Waals surface area contributed by atoms with Gasteiger partial charge < -0.3 is 0 Å². The third kappa shape index (κ3) is 1.11. The molecule has 102 valence electrons. The molecule has 0 N–H and O–H groups in total. The Kier molecular flexibility index (Phi) is 2.11. The summed E-state index contributed by atoms with van der Waals surface area (Å²) < 4.78 is 23.2. The van der Waals surface area contributed by atoms with Crippen molar-refractivity contribution in [3.8, 4) is 0 Å². The van der Waals surface area contributed by atoms with Crippen LogP contribution in [0.25, 0.3) is 0 Å². The van der Waals surface area contributed by atoms with Crippen molar-refractivity contribution in [3.63, 3.8) is 0 Å². The van der Waals surface area contributed by atoms with E-state index in [0.717, 1.165) is 13.0 Å². The number of likely N-dealkylation sites (N-methyl/N-ethyl adjacent to an activating group) is 1. The number of ketones is 1. The summed E-state index contributed by atoms with van der Waals surface area (Å²) in [5, 5.41) is 0. The number of nitrogens with zero attached hydrogens (tertiary/aromatic N) is 1. The summed E-state index contributed by atoms with van der Waals surface area (Å²) in [4.78, 5) is 13.8. The van der Waals surface area contributed by atoms with Gasteiger partial charge in [0.1, 0.15) is 5.78 Å². The Morgan fingerprint density at radius 2 is 1.78 bits per heavy atom. The first-order chi connectivity index (χ1) is 8.09. The van der Waals surface area contributed by atoms with E-state index in [-0.39, 0.29) is 28.1 Å². The van der Waals surface area contributed by atoms with Gasteiger partial charge in [-0.1, -0.05) is 13.8 Å². The Labute approximate surface area is 109 Å². The fourth-order valence-corrected chi connectivity index (χ4v) is 7.64. The van der Waals surface area contributed by atoms with Crippen molar-refractivity contribution in [3.05, 3.63) is 0 Å². The highest BCUT2D eigenvalue weighted by atomic mass is 32.2. The van der Waals surface area contributed by atoms with Crippen LogP contribution in [0.4, 0.5) is 0 Å². The predicted molar refractivity (Wildman–Crippen MR) is 69.0 cm³/mol. The molecule has 2 heterocycles. The van der Waals surface area contributed by atoms with Crippen molar-refractivity contribution in [1.82, 2.24) is 4.90 Å². The molecule has 1 unspecified atom stereocenters. The maximum absolute atomic E-state index is 11.7. The number of rotatable bonds is 1. The van der Waals surface area contributed by atoms with Crippen LogP contribution in [0, 0.1) is 16.2 Å². The zero-order chi connectivity index (χ0) is 13.6. The van der Waals surface area contributed by atoms with E-state index in [9.17, 15) is 13.2 Å². The Hall–Kier alpha value is -0.420. The van der Waals surface area contributed by atoms with Crippen LogP contribution >= 0.6 is 0 Å². The number of fused-ring (bicyclic) bond motifs is 1. The number of carbonyl (C=O) groups excluding carboxylic acids is 1. The number of hydrogen-bond donors (Lipinski definition) is 0. The monoisotopic (exact) mass is 271 g/mol. The predicted octanol–water partition coefficient (Wildman–Crippen LogP) is 0.721. The molecule has 3 rings (SSSR count). The van der Waals surface area contributed by atoms with E-state index >= 15 is 0 Å². The number of hydrogen-bond acceptors (Lipinski definition) is 4. The normalized spacial score (nSPS) is 43.0. The van der Waals surface area contributed by atoms with E-state index in [1.54, 1.807) is 6.92 Å².